The van der Waals surface area contributed by atoms with Gasteiger partial charge in [-0.3, -0.25) is 0 Å². The number of ether oxygens (including phenoxy) is 2. The number of benzene rings is 2. The van der Waals surface area contributed by atoms with Crippen LogP contribution in [0.15, 0.2) is 48.5 Å². The monoisotopic (exact) mass is 456 g/mol. The van der Waals surface area contributed by atoms with Crippen LogP contribution >= 0.6 is 0 Å². The molecule has 33 heavy (non-hydrogen) atoms. The molecule has 0 fully saturated rings. The lowest BCUT2D eigenvalue weighted by Crippen LogP contribution is -2.01. The van der Waals surface area contributed by atoms with Gasteiger partial charge in [-0.05, 0) is 36.8 Å². The Labute approximate surface area is 200 Å². The quantitative estimate of drug-likeness (QED) is 0.165. The largest absolute Gasteiger partial charge is 0.491 e. The van der Waals surface area contributed by atoms with Gasteiger partial charge in [0.2, 0.25) is 0 Å². The van der Waals surface area contributed by atoms with Crippen LogP contribution in [0, 0.1) is 0 Å². The van der Waals surface area contributed by atoms with E-state index < -0.39 is 0 Å². The van der Waals surface area contributed by atoms with Crippen LogP contribution in [0.5, 0.6) is 5.75 Å². The number of hydrogen-bond acceptors (Lipinski definition) is 5. The van der Waals surface area contributed by atoms with Crippen molar-refractivity contribution in [1.82, 2.24) is 0 Å². The zero-order valence-electron chi connectivity index (χ0n) is 20.7. The SMILES string of the molecule is CCCCCCCCCCCCCCOc1ccccc1N.COC(=O)c1cccc(N)c1. The van der Waals surface area contributed by atoms with E-state index in [4.69, 9.17) is 16.2 Å². The first-order chi connectivity index (χ1) is 16.1. The highest BCUT2D eigenvalue weighted by Crippen LogP contribution is 2.20. The van der Waals surface area contributed by atoms with Gasteiger partial charge in [-0.15, -0.1) is 0 Å². The highest BCUT2D eigenvalue weighted by atomic mass is 16.5. The summed E-state index contributed by atoms with van der Waals surface area (Å²) in [5.41, 5.74) is 13.1. The van der Waals surface area contributed by atoms with Gasteiger partial charge >= 0.3 is 5.97 Å². The molecule has 0 aromatic heterocycles. The second-order valence-electron chi connectivity index (χ2n) is 8.39. The number of methoxy groups -OCH3 is 1. The van der Waals surface area contributed by atoms with Crippen molar-refractivity contribution >= 4 is 17.3 Å². The Balaban J connectivity index is 0.000000412. The van der Waals surface area contributed by atoms with Crippen molar-refractivity contribution in [3.63, 3.8) is 0 Å². The lowest BCUT2D eigenvalue weighted by molar-refractivity contribution is 0.0601. The van der Waals surface area contributed by atoms with Gasteiger partial charge in [0.05, 0.1) is 25.0 Å². The third-order valence-corrected chi connectivity index (χ3v) is 5.48. The molecule has 0 spiro atoms. The van der Waals surface area contributed by atoms with E-state index in [1.165, 1.54) is 77.7 Å². The molecule has 0 amide bonds. The predicted octanol–water partition coefficient (Wildman–Crippen LogP) is 7.40. The number of anilines is 2. The first kappa shape index (κ1) is 28.3. The number of esters is 1. The third kappa shape index (κ3) is 14.1. The van der Waals surface area contributed by atoms with Gasteiger partial charge in [0, 0.05) is 5.69 Å². The molecular formula is C28H44N2O3. The standard InChI is InChI=1S/C20H35NO.C8H9NO2/c1-2-3-4-5-6-7-8-9-10-11-12-15-18-22-20-17-14-13-16-19(20)21;1-11-8(10)6-3-2-4-7(9)5-6/h13-14,16-17H,2-12,15,18,21H2,1H3;2-5H,9H2,1H3. The molecule has 2 rings (SSSR count). The van der Waals surface area contributed by atoms with E-state index in [0.29, 0.717) is 11.3 Å². The summed E-state index contributed by atoms with van der Waals surface area (Å²) in [6, 6.07) is 14.4. The molecule has 4 N–H and O–H groups in total. The summed E-state index contributed by atoms with van der Waals surface area (Å²) in [4.78, 5) is 10.9. The fourth-order valence-electron chi connectivity index (χ4n) is 3.52. The van der Waals surface area contributed by atoms with Gasteiger partial charge in [0.15, 0.2) is 0 Å². The fourth-order valence-corrected chi connectivity index (χ4v) is 3.52. The van der Waals surface area contributed by atoms with Gasteiger partial charge in [0.1, 0.15) is 5.75 Å². The van der Waals surface area contributed by atoms with Crippen molar-refractivity contribution < 1.29 is 14.3 Å². The van der Waals surface area contributed by atoms with Crippen LogP contribution < -0.4 is 16.2 Å². The Bertz CT molecular complexity index is 764. The normalized spacial score (nSPS) is 10.2. The maximum Gasteiger partial charge on any atom is 0.337 e. The Kier molecular flexibility index (Phi) is 16.2. The summed E-state index contributed by atoms with van der Waals surface area (Å²) in [6.07, 6.45) is 16.4. The molecule has 0 unspecified atom stereocenters. The molecule has 0 bridgehead atoms. The Morgan fingerprint density at radius 3 is 1.88 bits per heavy atom. The average molecular weight is 457 g/mol. The Hall–Kier alpha value is -2.69. The number of nitrogens with two attached hydrogens (primary N) is 2. The van der Waals surface area contributed by atoms with E-state index >= 15 is 0 Å². The van der Waals surface area contributed by atoms with E-state index in [0.717, 1.165) is 24.5 Å². The highest BCUT2D eigenvalue weighted by Gasteiger charge is 2.03. The Morgan fingerprint density at radius 1 is 0.758 bits per heavy atom. The number of unbranched alkanes of at least 4 members (excludes halogenated alkanes) is 11. The van der Waals surface area contributed by atoms with Gasteiger partial charge < -0.3 is 20.9 Å². The molecule has 2 aromatic rings. The number of carbonyl (C=O) groups excluding carboxylic acids is 1. The molecule has 0 aliphatic carbocycles. The second-order valence-corrected chi connectivity index (χ2v) is 8.39. The van der Waals surface area contributed by atoms with Crippen LogP contribution in [0.1, 0.15) is 94.3 Å². The van der Waals surface area contributed by atoms with Crippen molar-refractivity contribution in [2.75, 3.05) is 25.2 Å². The van der Waals surface area contributed by atoms with E-state index in [9.17, 15) is 4.79 Å². The molecule has 0 saturated heterocycles. The molecule has 0 aliphatic heterocycles. The Morgan fingerprint density at radius 2 is 1.33 bits per heavy atom. The van der Waals surface area contributed by atoms with E-state index in [2.05, 4.69) is 11.7 Å². The lowest BCUT2D eigenvalue weighted by Gasteiger charge is -2.08. The number of carbonyl (C=O) groups is 1. The van der Waals surface area contributed by atoms with Crippen LogP contribution in [0.3, 0.4) is 0 Å². The molecular weight excluding hydrogens is 412 g/mol. The molecule has 0 atom stereocenters. The molecule has 184 valence electrons. The van der Waals surface area contributed by atoms with E-state index in [1.807, 2.05) is 24.3 Å². The third-order valence-electron chi connectivity index (χ3n) is 5.48. The number of hydrogen-bond donors (Lipinski definition) is 2. The van der Waals surface area contributed by atoms with Crippen molar-refractivity contribution in [1.29, 1.82) is 0 Å². The van der Waals surface area contributed by atoms with Crippen molar-refractivity contribution in [2.45, 2.75) is 84.0 Å². The maximum atomic E-state index is 10.9. The van der Waals surface area contributed by atoms with Gasteiger partial charge in [-0.2, -0.15) is 0 Å². The van der Waals surface area contributed by atoms with Crippen LogP contribution in [0.4, 0.5) is 11.4 Å². The zero-order chi connectivity index (χ0) is 24.2. The molecule has 0 aliphatic rings. The predicted molar refractivity (Wildman–Crippen MR) is 140 cm³/mol. The van der Waals surface area contributed by atoms with Crippen LogP contribution in [-0.2, 0) is 4.74 Å². The highest BCUT2D eigenvalue weighted by molar-refractivity contribution is 5.90. The summed E-state index contributed by atoms with van der Waals surface area (Å²) >= 11 is 0. The van der Waals surface area contributed by atoms with E-state index in [-0.39, 0.29) is 5.97 Å². The van der Waals surface area contributed by atoms with Gasteiger partial charge in [0.25, 0.3) is 0 Å². The minimum Gasteiger partial charge on any atom is -0.491 e. The van der Waals surface area contributed by atoms with Crippen LogP contribution in [-0.4, -0.2) is 19.7 Å². The number of rotatable bonds is 15. The second kappa shape index (κ2) is 18.8. The van der Waals surface area contributed by atoms with E-state index in [1.54, 1.807) is 24.3 Å². The minimum atomic E-state index is -0.364. The maximum absolute atomic E-state index is 10.9. The molecule has 0 heterocycles. The molecule has 0 saturated carbocycles. The van der Waals surface area contributed by atoms with Crippen molar-refractivity contribution in [2.24, 2.45) is 0 Å². The number of para-hydroxylation sites is 2. The van der Waals surface area contributed by atoms with Gasteiger partial charge in [-0.1, -0.05) is 95.8 Å². The zero-order valence-corrected chi connectivity index (χ0v) is 20.7. The average Bonchev–Trinajstić information content (AvgIpc) is 2.83. The first-order valence-corrected chi connectivity index (χ1v) is 12.5. The van der Waals surface area contributed by atoms with Crippen LogP contribution in [0.25, 0.3) is 0 Å². The summed E-state index contributed by atoms with van der Waals surface area (Å²) in [5.74, 6) is 0.461. The molecule has 5 heteroatoms. The summed E-state index contributed by atoms with van der Waals surface area (Å²) < 4.78 is 10.2. The smallest absolute Gasteiger partial charge is 0.337 e. The summed E-state index contributed by atoms with van der Waals surface area (Å²) in [5, 5.41) is 0. The lowest BCUT2D eigenvalue weighted by atomic mass is 10.1. The number of nitrogen functional groups attached to an aromatic ring is 2. The molecule has 5 nitrogen and oxygen atoms in total. The van der Waals surface area contributed by atoms with Crippen LogP contribution in [0.2, 0.25) is 0 Å². The fraction of sp³-hybridized carbons (Fsp3) is 0.536. The molecule has 0 radical (unpaired) electrons. The summed E-state index contributed by atoms with van der Waals surface area (Å²) in [6.45, 7) is 3.06. The topological polar surface area (TPSA) is 87.6 Å². The first-order valence-electron chi connectivity index (χ1n) is 12.5. The van der Waals surface area contributed by atoms with Gasteiger partial charge in [-0.25, -0.2) is 4.79 Å². The van der Waals surface area contributed by atoms with Crippen molar-refractivity contribution in [3.8, 4) is 5.75 Å². The minimum absolute atomic E-state index is 0.364. The molecule has 2 aromatic carbocycles. The van der Waals surface area contributed by atoms with Crippen molar-refractivity contribution in [3.05, 3.63) is 54.1 Å². The summed E-state index contributed by atoms with van der Waals surface area (Å²) in [7, 11) is 1.34.